The van der Waals surface area contributed by atoms with Gasteiger partial charge in [-0.1, -0.05) is 0 Å². The monoisotopic (exact) mass is 225 g/mol. The van der Waals surface area contributed by atoms with Crippen LogP contribution in [0, 0.1) is 13.8 Å². The Morgan fingerprint density at radius 2 is 2.06 bits per heavy atom. The highest BCUT2D eigenvalue weighted by atomic mass is 16.5. The SMILES string of the molecule is CNCC(O)c1cc(C)c(C)c(O)c1OC. The lowest BCUT2D eigenvalue weighted by atomic mass is 10.00. The molecule has 0 aliphatic carbocycles. The van der Waals surface area contributed by atoms with Gasteiger partial charge in [-0.3, -0.25) is 0 Å². The molecule has 1 atom stereocenters. The summed E-state index contributed by atoms with van der Waals surface area (Å²) in [4.78, 5) is 0. The molecule has 0 saturated carbocycles. The third kappa shape index (κ3) is 2.28. The third-order valence-corrected chi connectivity index (χ3v) is 2.76. The Morgan fingerprint density at radius 1 is 1.44 bits per heavy atom. The number of hydrogen-bond acceptors (Lipinski definition) is 4. The lowest BCUT2D eigenvalue weighted by Gasteiger charge is -2.18. The van der Waals surface area contributed by atoms with Gasteiger partial charge in [0, 0.05) is 12.1 Å². The van der Waals surface area contributed by atoms with Gasteiger partial charge in [0.25, 0.3) is 0 Å². The van der Waals surface area contributed by atoms with E-state index in [1.54, 1.807) is 7.05 Å². The quantitative estimate of drug-likeness (QED) is 0.722. The third-order valence-electron chi connectivity index (χ3n) is 2.76. The maximum atomic E-state index is 9.92. The molecule has 1 unspecified atom stereocenters. The van der Waals surface area contributed by atoms with Crippen LogP contribution >= 0.6 is 0 Å². The fourth-order valence-corrected chi connectivity index (χ4v) is 1.67. The van der Waals surface area contributed by atoms with E-state index in [0.29, 0.717) is 17.9 Å². The Bertz CT molecular complexity index is 377. The first-order valence-corrected chi connectivity index (χ1v) is 5.22. The molecular formula is C12H19NO3. The molecule has 0 aliphatic rings. The summed E-state index contributed by atoms with van der Waals surface area (Å²) in [5.74, 6) is 0.457. The Hall–Kier alpha value is -1.26. The zero-order valence-corrected chi connectivity index (χ0v) is 10.2. The maximum absolute atomic E-state index is 9.92. The van der Waals surface area contributed by atoms with E-state index in [1.165, 1.54) is 7.11 Å². The van der Waals surface area contributed by atoms with Crippen molar-refractivity contribution in [1.29, 1.82) is 0 Å². The number of nitrogens with one attached hydrogen (secondary N) is 1. The van der Waals surface area contributed by atoms with Gasteiger partial charge in [-0.15, -0.1) is 0 Å². The van der Waals surface area contributed by atoms with Gasteiger partial charge in [0.1, 0.15) is 0 Å². The average molecular weight is 225 g/mol. The molecule has 16 heavy (non-hydrogen) atoms. The minimum atomic E-state index is -0.690. The number of aliphatic hydroxyl groups is 1. The van der Waals surface area contributed by atoms with Gasteiger partial charge < -0.3 is 20.3 Å². The van der Waals surface area contributed by atoms with Crippen LogP contribution in [0.5, 0.6) is 11.5 Å². The first kappa shape index (κ1) is 12.8. The summed E-state index contributed by atoms with van der Waals surface area (Å²) >= 11 is 0. The van der Waals surface area contributed by atoms with Crippen molar-refractivity contribution in [2.24, 2.45) is 0 Å². The lowest BCUT2D eigenvalue weighted by Crippen LogP contribution is -2.17. The van der Waals surface area contributed by atoms with E-state index >= 15 is 0 Å². The number of rotatable bonds is 4. The highest BCUT2D eigenvalue weighted by Gasteiger charge is 2.18. The van der Waals surface area contributed by atoms with Crippen molar-refractivity contribution in [2.45, 2.75) is 20.0 Å². The largest absolute Gasteiger partial charge is 0.504 e. The number of aliphatic hydroxyl groups excluding tert-OH is 1. The molecule has 4 heteroatoms. The van der Waals surface area contributed by atoms with Crippen molar-refractivity contribution in [1.82, 2.24) is 5.32 Å². The zero-order valence-electron chi connectivity index (χ0n) is 10.2. The molecule has 0 aliphatic heterocycles. The van der Waals surface area contributed by atoms with Gasteiger partial charge in [0.05, 0.1) is 13.2 Å². The fraction of sp³-hybridized carbons (Fsp3) is 0.500. The number of hydrogen-bond donors (Lipinski definition) is 3. The summed E-state index contributed by atoms with van der Waals surface area (Å²) < 4.78 is 5.14. The molecular weight excluding hydrogens is 206 g/mol. The second-order valence-electron chi connectivity index (χ2n) is 3.86. The Kier molecular flexibility index (Phi) is 4.15. The molecule has 0 bridgehead atoms. The van der Waals surface area contributed by atoms with Crippen molar-refractivity contribution in [3.05, 3.63) is 22.8 Å². The van der Waals surface area contributed by atoms with E-state index < -0.39 is 6.10 Å². The summed E-state index contributed by atoms with van der Waals surface area (Å²) in [5, 5.41) is 22.7. The number of phenols is 1. The summed E-state index contributed by atoms with van der Waals surface area (Å²) in [7, 11) is 3.25. The minimum Gasteiger partial charge on any atom is -0.504 e. The number of aryl methyl sites for hydroxylation is 1. The topological polar surface area (TPSA) is 61.7 Å². The zero-order chi connectivity index (χ0) is 12.3. The Morgan fingerprint density at radius 3 is 2.56 bits per heavy atom. The molecule has 0 saturated heterocycles. The van der Waals surface area contributed by atoms with Gasteiger partial charge in [-0.25, -0.2) is 0 Å². The van der Waals surface area contributed by atoms with Crippen LogP contribution in [0.2, 0.25) is 0 Å². The van der Waals surface area contributed by atoms with Gasteiger partial charge >= 0.3 is 0 Å². The molecule has 0 amide bonds. The fourth-order valence-electron chi connectivity index (χ4n) is 1.67. The lowest BCUT2D eigenvalue weighted by molar-refractivity contribution is 0.172. The number of aromatic hydroxyl groups is 1. The standard InChI is InChI=1S/C12H19NO3/c1-7-5-9(10(14)6-13-3)12(16-4)11(15)8(7)2/h5,10,13-15H,6H2,1-4H3. The summed E-state index contributed by atoms with van der Waals surface area (Å²) in [6, 6.07) is 1.84. The Labute approximate surface area is 95.9 Å². The first-order chi connectivity index (χ1) is 7.52. The normalized spacial score (nSPS) is 12.6. The molecule has 1 aromatic rings. The minimum absolute atomic E-state index is 0.104. The highest BCUT2D eigenvalue weighted by Crippen LogP contribution is 2.38. The molecule has 0 spiro atoms. The predicted octanol–water partition coefficient (Wildman–Crippen LogP) is 1.27. The second kappa shape index (κ2) is 5.18. The van der Waals surface area contributed by atoms with Gasteiger partial charge in [-0.05, 0) is 38.1 Å². The van der Waals surface area contributed by atoms with Crippen LogP contribution in [0.1, 0.15) is 22.8 Å². The number of benzene rings is 1. The van der Waals surface area contributed by atoms with Crippen molar-refractivity contribution in [3.8, 4) is 11.5 Å². The van der Waals surface area contributed by atoms with E-state index in [0.717, 1.165) is 11.1 Å². The van der Waals surface area contributed by atoms with Gasteiger partial charge in [-0.2, -0.15) is 0 Å². The molecule has 3 N–H and O–H groups in total. The molecule has 0 aromatic heterocycles. The summed E-state index contributed by atoms with van der Waals surface area (Å²) in [6.07, 6.45) is -0.690. The predicted molar refractivity (Wildman–Crippen MR) is 63.0 cm³/mol. The number of ether oxygens (including phenoxy) is 1. The van der Waals surface area contributed by atoms with E-state index in [-0.39, 0.29) is 5.75 Å². The first-order valence-electron chi connectivity index (χ1n) is 5.22. The molecule has 4 nitrogen and oxygen atoms in total. The van der Waals surface area contributed by atoms with E-state index in [4.69, 9.17) is 4.74 Å². The molecule has 0 heterocycles. The maximum Gasteiger partial charge on any atom is 0.166 e. The smallest absolute Gasteiger partial charge is 0.166 e. The van der Waals surface area contributed by atoms with Crippen molar-refractivity contribution in [2.75, 3.05) is 20.7 Å². The van der Waals surface area contributed by atoms with E-state index in [1.807, 2.05) is 19.9 Å². The van der Waals surface area contributed by atoms with Crippen molar-refractivity contribution < 1.29 is 14.9 Å². The summed E-state index contributed by atoms with van der Waals surface area (Å²) in [6.45, 7) is 4.13. The molecule has 1 rings (SSSR count). The van der Waals surface area contributed by atoms with Crippen molar-refractivity contribution in [3.63, 3.8) is 0 Å². The Balaban J connectivity index is 3.27. The highest BCUT2D eigenvalue weighted by molar-refractivity contribution is 5.54. The number of phenolic OH excluding ortho intramolecular Hbond substituents is 1. The average Bonchev–Trinajstić information content (AvgIpc) is 2.26. The van der Waals surface area contributed by atoms with Gasteiger partial charge in [0.15, 0.2) is 11.5 Å². The summed E-state index contributed by atoms with van der Waals surface area (Å²) in [5.41, 5.74) is 2.32. The van der Waals surface area contributed by atoms with E-state index in [9.17, 15) is 10.2 Å². The molecule has 90 valence electrons. The van der Waals surface area contributed by atoms with Crippen LogP contribution in [0.25, 0.3) is 0 Å². The van der Waals surface area contributed by atoms with Gasteiger partial charge in [0.2, 0.25) is 0 Å². The van der Waals surface area contributed by atoms with Crippen LogP contribution in [0.3, 0.4) is 0 Å². The second-order valence-corrected chi connectivity index (χ2v) is 3.86. The van der Waals surface area contributed by atoms with Crippen LogP contribution in [-0.2, 0) is 0 Å². The number of likely N-dealkylation sites (N-methyl/N-ethyl adjacent to an activating group) is 1. The van der Waals surface area contributed by atoms with Crippen LogP contribution < -0.4 is 10.1 Å². The van der Waals surface area contributed by atoms with Crippen LogP contribution in [0.15, 0.2) is 6.07 Å². The molecule has 1 aromatic carbocycles. The van der Waals surface area contributed by atoms with Crippen LogP contribution in [-0.4, -0.2) is 30.9 Å². The van der Waals surface area contributed by atoms with Crippen LogP contribution in [0.4, 0.5) is 0 Å². The molecule has 0 radical (unpaired) electrons. The van der Waals surface area contributed by atoms with Crippen molar-refractivity contribution >= 4 is 0 Å². The number of methoxy groups -OCH3 is 1. The molecule has 0 fully saturated rings. The van der Waals surface area contributed by atoms with E-state index in [2.05, 4.69) is 5.32 Å².